The number of hydrogen-bond donors (Lipinski definition) is 0. The van der Waals surface area contributed by atoms with Gasteiger partial charge in [0.25, 0.3) is 5.91 Å². The number of carbonyl (C=O) groups excluding carboxylic acids is 2. The predicted molar refractivity (Wildman–Crippen MR) is 95.5 cm³/mol. The van der Waals surface area contributed by atoms with E-state index in [-0.39, 0.29) is 11.8 Å². The maximum Gasteiger partial charge on any atom is 0.270 e. The molecule has 0 saturated carbocycles. The van der Waals surface area contributed by atoms with Crippen molar-refractivity contribution in [2.45, 2.75) is 27.3 Å². The number of nitrogens with zero attached hydrogens (tertiary/aromatic N) is 3. The van der Waals surface area contributed by atoms with E-state index in [9.17, 15) is 9.59 Å². The van der Waals surface area contributed by atoms with E-state index in [0.29, 0.717) is 31.2 Å². The molecule has 128 valence electrons. The Balaban J connectivity index is 1.96. The maximum atomic E-state index is 13.1. The monoisotopic (exact) mass is 347 g/mol. The Bertz CT molecular complexity index is 804. The van der Waals surface area contributed by atoms with E-state index < -0.39 is 0 Å². The predicted octanol–water partition coefficient (Wildman–Crippen LogP) is 2.93. The smallest absolute Gasteiger partial charge is 0.270 e. The van der Waals surface area contributed by atoms with Crippen LogP contribution in [0.15, 0.2) is 18.2 Å². The van der Waals surface area contributed by atoms with Crippen LogP contribution in [0, 0.1) is 6.92 Å². The topological polar surface area (TPSA) is 45.6 Å². The molecule has 0 bridgehead atoms. The van der Waals surface area contributed by atoms with Crippen LogP contribution in [0.2, 0.25) is 5.02 Å². The van der Waals surface area contributed by atoms with Crippen LogP contribution in [0.3, 0.4) is 0 Å². The molecule has 5 nitrogen and oxygen atoms in total. The molecule has 2 amide bonds. The molecule has 1 saturated heterocycles. The largest absolute Gasteiger partial charge is 0.339 e. The number of aromatic nitrogens is 1. The first-order chi connectivity index (χ1) is 11.4. The molecule has 0 N–H and O–H groups in total. The van der Waals surface area contributed by atoms with E-state index in [1.165, 1.54) is 0 Å². The highest BCUT2D eigenvalue weighted by Crippen LogP contribution is 2.29. The van der Waals surface area contributed by atoms with E-state index in [2.05, 4.69) is 4.57 Å². The number of carbonyl (C=O) groups is 2. The minimum absolute atomic E-state index is 0.0323. The zero-order chi connectivity index (χ0) is 17.4. The van der Waals surface area contributed by atoms with E-state index >= 15 is 0 Å². The summed E-state index contributed by atoms with van der Waals surface area (Å²) >= 11 is 6.13. The van der Waals surface area contributed by atoms with Gasteiger partial charge in [-0.05, 0) is 37.6 Å². The van der Waals surface area contributed by atoms with Crippen LogP contribution in [0.25, 0.3) is 10.9 Å². The average molecular weight is 348 g/mol. The molecular weight excluding hydrogens is 326 g/mol. The second-order valence-electron chi connectivity index (χ2n) is 6.18. The molecule has 0 spiro atoms. The highest BCUT2D eigenvalue weighted by molar-refractivity contribution is 6.31. The Morgan fingerprint density at radius 3 is 2.33 bits per heavy atom. The number of aryl methyl sites for hydroxylation is 2. The second-order valence-corrected chi connectivity index (χ2v) is 6.61. The number of hydrogen-bond acceptors (Lipinski definition) is 2. The molecule has 24 heavy (non-hydrogen) atoms. The van der Waals surface area contributed by atoms with Gasteiger partial charge in [-0.1, -0.05) is 11.6 Å². The van der Waals surface area contributed by atoms with Crippen LogP contribution in [0.5, 0.6) is 0 Å². The average Bonchev–Trinajstić information content (AvgIpc) is 2.86. The van der Waals surface area contributed by atoms with Gasteiger partial charge in [0.1, 0.15) is 5.69 Å². The lowest BCUT2D eigenvalue weighted by Crippen LogP contribution is -2.50. The van der Waals surface area contributed by atoms with Crippen molar-refractivity contribution in [1.29, 1.82) is 0 Å². The Morgan fingerprint density at radius 1 is 1.12 bits per heavy atom. The number of benzene rings is 1. The lowest BCUT2D eigenvalue weighted by molar-refractivity contribution is -0.130. The number of fused-ring (bicyclic) bond motifs is 1. The lowest BCUT2D eigenvalue weighted by atomic mass is 10.1. The summed E-state index contributed by atoms with van der Waals surface area (Å²) in [7, 11) is 0. The zero-order valence-electron chi connectivity index (χ0n) is 14.3. The standard InChI is InChI=1S/C18H22ClN3O2/c1-4-22-16-6-5-14(19)11-15(16)12(2)17(22)18(24)21-9-7-20(8-10-21)13(3)23/h5-6,11H,4,7-10H2,1-3H3. The minimum atomic E-state index is 0.0323. The molecule has 2 heterocycles. The fourth-order valence-electron chi connectivity index (χ4n) is 3.47. The SMILES string of the molecule is CCn1c(C(=O)N2CCN(C(C)=O)CC2)c(C)c2cc(Cl)ccc21. The van der Waals surface area contributed by atoms with Gasteiger partial charge in [0.2, 0.25) is 5.91 Å². The first-order valence-corrected chi connectivity index (χ1v) is 8.65. The van der Waals surface area contributed by atoms with Crippen LogP contribution < -0.4 is 0 Å². The number of piperazine rings is 1. The summed E-state index contributed by atoms with van der Waals surface area (Å²) in [6.45, 7) is 8.65. The fraction of sp³-hybridized carbons (Fsp3) is 0.444. The zero-order valence-corrected chi connectivity index (χ0v) is 15.1. The van der Waals surface area contributed by atoms with Crippen LogP contribution in [-0.2, 0) is 11.3 Å². The quantitative estimate of drug-likeness (QED) is 0.838. The van der Waals surface area contributed by atoms with Crippen molar-refractivity contribution in [3.05, 3.63) is 34.5 Å². The van der Waals surface area contributed by atoms with Crippen molar-refractivity contribution >= 4 is 34.3 Å². The third-order valence-electron chi connectivity index (χ3n) is 4.81. The molecule has 6 heteroatoms. The van der Waals surface area contributed by atoms with E-state index in [1.54, 1.807) is 11.8 Å². The van der Waals surface area contributed by atoms with Gasteiger partial charge in [0.05, 0.1) is 0 Å². The number of amides is 2. The van der Waals surface area contributed by atoms with Gasteiger partial charge in [-0.2, -0.15) is 0 Å². The molecular formula is C18H22ClN3O2. The van der Waals surface area contributed by atoms with Crippen molar-refractivity contribution in [3.8, 4) is 0 Å². The van der Waals surface area contributed by atoms with Gasteiger partial charge >= 0.3 is 0 Å². The van der Waals surface area contributed by atoms with Gasteiger partial charge in [0.15, 0.2) is 0 Å². The van der Waals surface area contributed by atoms with Crippen LogP contribution >= 0.6 is 11.6 Å². The molecule has 0 radical (unpaired) electrons. The summed E-state index contributed by atoms with van der Waals surface area (Å²) in [6.07, 6.45) is 0. The minimum Gasteiger partial charge on any atom is -0.339 e. The highest BCUT2D eigenvalue weighted by Gasteiger charge is 2.27. The van der Waals surface area contributed by atoms with Crippen LogP contribution in [0.1, 0.15) is 29.9 Å². The van der Waals surface area contributed by atoms with Gasteiger partial charge in [-0.3, -0.25) is 9.59 Å². The number of rotatable bonds is 2. The van der Waals surface area contributed by atoms with Crippen molar-refractivity contribution < 1.29 is 9.59 Å². The Morgan fingerprint density at radius 2 is 1.75 bits per heavy atom. The van der Waals surface area contributed by atoms with Crippen LogP contribution in [0.4, 0.5) is 0 Å². The third kappa shape index (κ3) is 2.77. The van der Waals surface area contributed by atoms with Gasteiger partial charge < -0.3 is 14.4 Å². The van der Waals surface area contributed by atoms with Gasteiger partial charge in [-0.15, -0.1) is 0 Å². The van der Waals surface area contributed by atoms with Crippen molar-refractivity contribution in [2.24, 2.45) is 0 Å². The molecule has 1 aromatic carbocycles. The summed E-state index contributed by atoms with van der Waals surface area (Å²) in [5, 5.41) is 1.70. The summed E-state index contributed by atoms with van der Waals surface area (Å²) in [5.41, 5.74) is 2.73. The molecule has 0 aliphatic carbocycles. The molecule has 1 aromatic heterocycles. The molecule has 2 aromatic rings. The molecule has 3 rings (SSSR count). The normalized spacial score (nSPS) is 15.2. The molecule has 1 aliphatic rings. The van der Waals surface area contributed by atoms with Gasteiger partial charge in [0, 0.05) is 55.6 Å². The maximum absolute atomic E-state index is 13.1. The van der Waals surface area contributed by atoms with Crippen molar-refractivity contribution in [1.82, 2.24) is 14.4 Å². The molecule has 1 aliphatic heterocycles. The summed E-state index contributed by atoms with van der Waals surface area (Å²) < 4.78 is 2.06. The Kier molecular flexibility index (Phi) is 4.54. The van der Waals surface area contributed by atoms with Gasteiger partial charge in [-0.25, -0.2) is 0 Å². The number of halogens is 1. The summed E-state index contributed by atoms with van der Waals surface area (Å²) in [6, 6.07) is 5.75. The second kappa shape index (κ2) is 6.48. The molecule has 0 unspecified atom stereocenters. The highest BCUT2D eigenvalue weighted by atomic mass is 35.5. The van der Waals surface area contributed by atoms with E-state index in [0.717, 1.165) is 28.7 Å². The Hall–Kier alpha value is -2.01. The Labute approximate surface area is 146 Å². The molecule has 0 atom stereocenters. The fourth-order valence-corrected chi connectivity index (χ4v) is 3.65. The van der Waals surface area contributed by atoms with E-state index in [4.69, 9.17) is 11.6 Å². The van der Waals surface area contributed by atoms with Crippen LogP contribution in [-0.4, -0.2) is 52.4 Å². The van der Waals surface area contributed by atoms with E-state index in [1.807, 2.05) is 36.9 Å². The van der Waals surface area contributed by atoms with Crippen molar-refractivity contribution in [3.63, 3.8) is 0 Å². The summed E-state index contributed by atoms with van der Waals surface area (Å²) in [5.74, 6) is 0.0977. The first-order valence-electron chi connectivity index (χ1n) is 8.27. The lowest BCUT2D eigenvalue weighted by Gasteiger charge is -2.34. The van der Waals surface area contributed by atoms with Crippen molar-refractivity contribution in [2.75, 3.05) is 26.2 Å². The summed E-state index contributed by atoms with van der Waals surface area (Å²) in [4.78, 5) is 28.2. The third-order valence-corrected chi connectivity index (χ3v) is 5.04. The first kappa shape index (κ1) is 16.8. The molecule has 1 fully saturated rings.